The van der Waals surface area contributed by atoms with Crippen molar-refractivity contribution in [1.82, 2.24) is 5.32 Å². The van der Waals surface area contributed by atoms with E-state index in [2.05, 4.69) is 10.6 Å². The molecule has 2 aliphatic carbocycles. The van der Waals surface area contributed by atoms with E-state index in [0.29, 0.717) is 12.5 Å². The van der Waals surface area contributed by atoms with E-state index < -0.39 is 0 Å². The first kappa shape index (κ1) is 16.0. The molecular formula is C19H26N2O2. The normalized spacial score (nSPS) is 24.6. The van der Waals surface area contributed by atoms with Crippen LogP contribution in [-0.2, 0) is 9.59 Å². The third kappa shape index (κ3) is 4.34. The van der Waals surface area contributed by atoms with Crippen molar-refractivity contribution in [2.24, 2.45) is 11.8 Å². The van der Waals surface area contributed by atoms with E-state index in [1.807, 2.05) is 31.2 Å². The van der Waals surface area contributed by atoms with Crippen LogP contribution in [0.15, 0.2) is 24.3 Å². The molecule has 1 aromatic carbocycles. The van der Waals surface area contributed by atoms with Gasteiger partial charge in [0.15, 0.2) is 0 Å². The summed E-state index contributed by atoms with van der Waals surface area (Å²) in [4.78, 5) is 24.5. The van der Waals surface area contributed by atoms with E-state index in [-0.39, 0.29) is 23.7 Å². The second-order valence-corrected chi connectivity index (χ2v) is 7.00. The summed E-state index contributed by atoms with van der Waals surface area (Å²) in [5.74, 6) is -0.262. The third-order valence-electron chi connectivity index (χ3n) is 4.98. The molecule has 2 atom stereocenters. The number of rotatable bonds is 4. The Balaban J connectivity index is 1.47. The van der Waals surface area contributed by atoms with Crippen molar-refractivity contribution in [2.75, 3.05) is 5.32 Å². The fourth-order valence-electron chi connectivity index (χ4n) is 3.38. The minimum absolute atomic E-state index is 0.0325. The predicted molar refractivity (Wildman–Crippen MR) is 91.0 cm³/mol. The summed E-state index contributed by atoms with van der Waals surface area (Å²) in [7, 11) is 0. The summed E-state index contributed by atoms with van der Waals surface area (Å²) in [6.07, 6.45) is 7.79. The Morgan fingerprint density at radius 2 is 1.52 bits per heavy atom. The number of nitrogens with one attached hydrogen (secondary N) is 2. The highest BCUT2D eigenvalue weighted by Gasteiger charge is 2.48. The SMILES string of the molecule is Cc1ccc(NC(=O)C2CC2C(=O)NC2CCCCCC2)cc1. The molecule has 0 spiro atoms. The third-order valence-corrected chi connectivity index (χ3v) is 4.98. The first-order chi connectivity index (χ1) is 11.1. The zero-order valence-corrected chi connectivity index (χ0v) is 13.8. The lowest BCUT2D eigenvalue weighted by Crippen LogP contribution is -2.36. The van der Waals surface area contributed by atoms with Gasteiger partial charge in [0.25, 0.3) is 0 Å². The minimum atomic E-state index is -0.165. The molecule has 124 valence electrons. The van der Waals surface area contributed by atoms with Gasteiger partial charge in [0, 0.05) is 11.7 Å². The zero-order valence-electron chi connectivity index (χ0n) is 13.8. The molecule has 2 unspecified atom stereocenters. The number of amides is 2. The number of aryl methyl sites for hydroxylation is 1. The number of anilines is 1. The van der Waals surface area contributed by atoms with Crippen LogP contribution in [0.1, 0.15) is 50.5 Å². The van der Waals surface area contributed by atoms with Gasteiger partial charge in [-0.1, -0.05) is 43.4 Å². The van der Waals surface area contributed by atoms with Gasteiger partial charge < -0.3 is 10.6 Å². The van der Waals surface area contributed by atoms with Gasteiger partial charge >= 0.3 is 0 Å². The number of benzene rings is 1. The van der Waals surface area contributed by atoms with E-state index in [4.69, 9.17) is 0 Å². The van der Waals surface area contributed by atoms with Crippen LogP contribution in [0.5, 0.6) is 0 Å². The molecule has 23 heavy (non-hydrogen) atoms. The summed E-state index contributed by atoms with van der Waals surface area (Å²) in [6.45, 7) is 2.01. The zero-order chi connectivity index (χ0) is 16.2. The van der Waals surface area contributed by atoms with E-state index in [0.717, 1.165) is 24.1 Å². The van der Waals surface area contributed by atoms with Crippen LogP contribution in [0.25, 0.3) is 0 Å². The molecule has 4 heteroatoms. The average molecular weight is 314 g/mol. The maximum atomic E-state index is 12.3. The Bertz CT molecular complexity index is 559. The number of carbonyl (C=O) groups excluding carboxylic acids is 2. The highest BCUT2D eigenvalue weighted by Crippen LogP contribution is 2.39. The van der Waals surface area contributed by atoms with Gasteiger partial charge in [-0.25, -0.2) is 0 Å². The average Bonchev–Trinajstić information content (AvgIpc) is 3.33. The van der Waals surface area contributed by atoms with Crippen LogP contribution in [0.3, 0.4) is 0 Å². The van der Waals surface area contributed by atoms with Gasteiger partial charge in [-0.15, -0.1) is 0 Å². The molecule has 0 saturated heterocycles. The molecule has 4 nitrogen and oxygen atoms in total. The second-order valence-electron chi connectivity index (χ2n) is 7.00. The van der Waals surface area contributed by atoms with E-state index in [1.165, 1.54) is 25.7 Å². The standard InChI is InChI=1S/C19H26N2O2/c1-13-8-10-15(11-9-13)21-19(23)17-12-16(17)18(22)20-14-6-4-2-3-5-7-14/h8-11,14,16-17H,2-7,12H2,1H3,(H,20,22)(H,21,23). The van der Waals surface area contributed by atoms with Gasteiger partial charge in [0.05, 0.1) is 11.8 Å². The van der Waals surface area contributed by atoms with Crippen molar-refractivity contribution in [2.45, 2.75) is 57.9 Å². The molecule has 2 saturated carbocycles. The van der Waals surface area contributed by atoms with Crippen molar-refractivity contribution < 1.29 is 9.59 Å². The molecule has 0 aromatic heterocycles. The van der Waals surface area contributed by atoms with E-state index in [9.17, 15) is 9.59 Å². The van der Waals surface area contributed by atoms with Crippen LogP contribution >= 0.6 is 0 Å². The summed E-state index contributed by atoms with van der Waals surface area (Å²) in [5.41, 5.74) is 1.96. The molecule has 1 aromatic rings. The van der Waals surface area contributed by atoms with Crippen LogP contribution < -0.4 is 10.6 Å². The first-order valence-electron chi connectivity index (χ1n) is 8.81. The molecule has 3 rings (SSSR count). The Hall–Kier alpha value is -1.84. The van der Waals surface area contributed by atoms with Gasteiger partial charge in [-0.05, 0) is 38.3 Å². The second kappa shape index (κ2) is 7.16. The monoisotopic (exact) mass is 314 g/mol. The van der Waals surface area contributed by atoms with Crippen molar-refractivity contribution >= 4 is 17.5 Å². The molecule has 0 aliphatic heterocycles. The lowest BCUT2D eigenvalue weighted by molar-refractivity contribution is -0.125. The molecule has 0 bridgehead atoms. The van der Waals surface area contributed by atoms with Crippen molar-refractivity contribution in [1.29, 1.82) is 0 Å². The van der Waals surface area contributed by atoms with Crippen LogP contribution in [0, 0.1) is 18.8 Å². The molecule has 0 radical (unpaired) electrons. The molecule has 2 fully saturated rings. The van der Waals surface area contributed by atoms with E-state index in [1.54, 1.807) is 0 Å². The van der Waals surface area contributed by atoms with Crippen molar-refractivity contribution in [3.05, 3.63) is 29.8 Å². The number of carbonyl (C=O) groups is 2. The summed E-state index contributed by atoms with van der Waals surface area (Å²) in [6, 6.07) is 8.05. The van der Waals surface area contributed by atoms with Gasteiger partial charge in [0.1, 0.15) is 0 Å². The van der Waals surface area contributed by atoms with E-state index >= 15 is 0 Å². The lowest BCUT2D eigenvalue weighted by atomic mass is 10.1. The highest BCUT2D eigenvalue weighted by atomic mass is 16.2. The minimum Gasteiger partial charge on any atom is -0.353 e. The lowest BCUT2D eigenvalue weighted by Gasteiger charge is -2.16. The number of hydrogen-bond acceptors (Lipinski definition) is 2. The smallest absolute Gasteiger partial charge is 0.228 e. The largest absolute Gasteiger partial charge is 0.353 e. The molecule has 2 aliphatic rings. The van der Waals surface area contributed by atoms with Crippen LogP contribution in [0.4, 0.5) is 5.69 Å². The van der Waals surface area contributed by atoms with Gasteiger partial charge in [-0.2, -0.15) is 0 Å². The fraction of sp³-hybridized carbons (Fsp3) is 0.579. The van der Waals surface area contributed by atoms with Crippen molar-refractivity contribution in [3.63, 3.8) is 0 Å². The van der Waals surface area contributed by atoms with Crippen molar-refractivity contribution in [3.8, 4) is 0 Å². The Morgan fingerprint density at radius 3 is 2.17 bits per heavy atom. The topological polar surface area (TPSA) is 58.2 Å². The summed E-state index contributed by atoms with van der Waals surface area (Å²) < 4.78 is 0. The summed E-state index contributed by atoms with van der Waals surface area (Å²) >= 11 is 0. The quantitative estimate of drug-likeness (QED) is 0.837. The van der Waals surface area contributed by atoms with Gasteiger partial charge in [0.2, 0.25) is 11.8 Å². The van der Waals surface area contributed by atoms with Crippen LogP contribution in [-0.4, -0.2) is 17.9 Å². The number of hydrogen-bond donors (Lipinski definition) is 2. The fourth-order valence-corrected chi connectivity index (χ4v) is 3.38. The van der Waals surface area contributed by atoms with Gasteiger partial charge in [-0.3, -0.25) is 9.59 Å². The Kier molecular flexibility index (Phi) is 4.99. The highest BCUT2D eigenvalue weighted by molar-refractivity contribution is 5.99. The first-order valence-corrected chi connectivity index (χ1v) is 8.81. The summed E-state index contributed by atoms with van der Waals surface area (Å²) in [5, 5.41) is 6.07. The molecular weight excluding hydrogens is 288 g/mol. The maximum Gasteiger partial charge on any atom is 0.228 e. The molecule has 2 N–H and O–H groups in total. The Labute approximate surface area is 138 Å². The Morgan fingerprint density at radius 1 is 0.913 bits per heavy atom. The maximum absolute atomic E-state index is 12.3. The van der Waals surface area contributed by atoms with Crippen LogP contribution in [0.2, 0.25) is 0 Å². The molecule has 2 amide bonds. The predicted octanol–water partition coefficient (Wildman–Crippen LogP) is 3.41. The molecule has 0 heterocycles.